The molecule has 0 atom stereocenters. The Balaban J connectivity index is 1.72. The van der Waals surface area contributed by atoms with Crippen molar-refractivity contribution in [2.75, 3.05) is 0 Å². The van der Waals surface area contributed by atoms with Gasteiger partial charge >= 0.3 is 0 Å². The van der Waals surface area contributed by atoms with Gasteiger partial charge in [0.1, 0.15) is 11.6 Å². The minimum Gasteiger partial charge on any atom is -0.310 e. The van der Waals surface area contributed by atoms with Gasteiger partial charge in [-0.2, -0.15) is 0 Å². The summed E-state index contributed by atoms with van der Waals surface area (Å²) in [6, 6.07) is 9.93. The molecule has 1 nitrogen and oxygen atoms in total. The molecule has 0 spiro atoms. The van der Waals surface area contributed by atoms with Gasteiger partial charge in [0.15, 0.2) is 0 Å². The Morgan fingerprint density at radius 1 is 1.10 bits per heavy atom. The predicted octanol–water partition coefficient (Wildman–Crippen LogP) is 5.02. The summed E-state index contributed by atoms with van der Waals surface area (Å²) in [5.41, 5.74) is 1.11. The summed E-state index contributed by atoms with van der Waals surface area (Å²) in [5.74, 6) is -1.15. The second kappa shape index (κ2) is 6.34. The van der Waals surface area contributed by atoms with E-state index in [1.165, 1.54) is 36.7 Å². The highest BCUT2D eigenvalue weighted by atomic mass is 35.5. The van der Waals surface area contributed by atoms with Crippen LogP contribution in [0.15, 0.2) is 46.2 Å². The van der Waals surface area contributed by atoms with E-state index in [1.807, 2.05) is 18.2 Å². The molecule has 2 aromatic carbocycles. The predicted molar refractivity (Wildman–Crippen MR) is 81.8 cm³/mol. The summed E-state index contributed by atoms with van der Waals surface area (Å²) in [5, 5.41) is 4.00. The molecule has 2 aromatic rings. The molecular weight excluding hydrogens is 312 g/mol. The molecule has 3 rings (SSSR count). The summed E-state index contributed by atoms with van der Waals surface area (Å²) in [4.78, 5) is 1.12. The van der Waals surface area contributed by atoms with Gasteiger partial charge in [-0.1, -0.05) is 29.4 Å². The standard InChI is InChI=1S/C16H14ClF2NS/c17-13-7-10(9-20-12-3-4-12)1-5-15(13)21-16-6-2-11(18)8-14(16)19/h1-2,5-8,12,20H,3-4,9H2. The van der Waals surface area contributed by atoms with E-state index in [0.717, 1.165) is 23.1 Å². The number of hydrogen-bond acceptors (Lipinski definition) is 2. The summed E-state index contributed by atoms with van der Waals surface area (Å²) in [6.45, 7) is 0.792. The van der Waals surface area contributed by atoms with Crippen LogP contribution in [0.2, 0.25) is 5.02 Å². The maximum absolute atomic E-state index is 13.6. The van der Waals surface area contributed by atoms with E-state index in [2.05, 4.69) is 5.32 Å². The van der Waals surface area contributed by atoms with Gasteiger partial charge in [0.2, 0.25) is 0 Å². The monoisotopic (exact) mass is 325 g/mol. The Bertz CT molecular complexity index is 659. The average Bonchev–Trinajstić information content (AvgIpc) is 3.26. The van der Waals surface area contributed by atoms with Crippen molar-refractivity contribution in [3.8, 4) is 0 Å². The Hall–Kier alpha value is -1.10. The zero-order chi connectivity index (χ0) is 14.8. The molecule has 0 aromatic heterocycles. The van der Waals surface area contributed by atoms with Crippen LogP contribution in [0, 0.1) is 11.6 Å². The number of hydrogen-bond donors (Lipinski definition) is 1. The number of benzene rings is 2. The lowest BCUT2D eigenvalue weighted by Gasteiger charge is -2.08. The van der Waals surface area contributed by atoms with Crippen LogP contribution in [0.5, 0.6) is 0 Å². The molecule has 1 fully saturated rings. The fourth-order valence-corrected chi connectivity index (χ4v) is 3.10. The van der Waals surface area contributed by atoms with E-state index in [0.29, 0.717) is 16.0 Å². The smallest absolute Gasteiger partial charge is 0.140 e. The van der Waals surface area contributed by atoms with Crippen LogP contribution in [-0.2, 0) is 6.54 Å². The van der Waals surface area contributed by atoms with E-state index >= 15 is 0 Å². The molecule has 1 aliphatic carbocycles. The number of halogens is 3. The molecule has 21 heavy (non-hydrogen) atoms. The van der Waals surface area contributed by atoms with Crippen molar-refractivity contribution in [2.24, 2.45) is 0 Å². The molecule has 1 saturated carbocycles. The number of nitrogens with one attached hydrogen (secondary N) is 1. The first kappa shape index (κ1) is 14.8. The average molecular weight is 326 g/mol. The topological polar surface area (TPSA) is 12.0 Å². The lowest BCUT2D eigenvalue weighted by Crippen LogP contribution is -2.15. The highest BCUT2D eigenvalue weighted by Crippen LogP contribution is 2.35. The molecule has 1 aliphatic rings. The lowest BCUT2D eigenvalue weighted by atomic mass is 10.2. The molecule has 0 saturated heterocycles. The van der Waals surface area contributed by atoms with Gasteiger partial charge in [0.05, 0.1) is 5.02 Å². The van der Waals surface area contributed by atoms with Crippen LogP contribution in [0.3, 0.4) is 0 Å². The third-order valence-electron chi connectivity index (χ3n) is 3.28. The highest BCUT2D eigenvalue weighted by molar-refractivity contribution is 7.99. The van der Waals surface area contributed by atoms with Crippen LogP contribution in [0.1, 0.15) is 18.4 Å². The Kier molecular flexibility index (Phi) is 4.48. The second-order valence-corrected chi connectivity index (χ2v) is 6.59. The van der Waals surface area contributed by atoms with Crippen LogP contribution in [-0.4, -0.2) is 6.04 Å². The first-order chi connectivity index (χ1) is 10.1. The normalized spacial score (nSPS) is 14.4. The van der Waals surface area contributed by atoms with Gasteiger partial charge in [-0.15, -0.1) is 0 Å². The SMILES string of the molecule is Fc1ccc(Sc2ccc(CNC3CC3)cc2Cl)c(F)c1. The fraction of sp³-hybridized carbons (Fsp3) is 0.250. The van der Waals surface area contributed by atoms with E-state index in [-0.39, 0.29) is 0 Å². The Labute approximate surface area is 131 Å². The van der Waals surface area contributed by atoms with E-state index in [1.54, 1.807) is 0 Å². The van der Waals surface area contributed by atoms with Gasteiger partial charge in [-0.3, -0.25) is 0 Å². The van der Waals surface area contributed by atoms with Crippen molar-refractivity contribution in [2.45, 2.75) is 35.2 Å². The van der Waals surface area contributed by atoms with E-state index < -0.39 is 11.6 Å². The molecule has 1 N–H and O–H groups in total. The van der Waals surface area contributed by atoms with Crippen molar-refractivity contribution in [1.82, 2.24) is 5.32 Å². The molecule has 0 aliphatic heterocycles. The van der Waals surface area contributed by atoms with Gasteiger partial charge < -0.3 is 5.32 Å². The highest BCUT2D eigenvalue weighted by Gasteiger charge is 2.20. The summed E-state index contributed by atoms with van der Waals surface area (Å²) >= 11 is 7.45. The zero-order valence-electron chi connectivity index (χ0n) is 11.2. The van der Waals surface area contributed by atoms with Crippen molar-refractivity contribution >= 4 is 23.4 Å². The summed E-state index contributed by atoms with van der Waals surface area (Å²) in [6.07, 6.45) is 2.48. The Morgan fingerprint density at radius 3 is 2.52 bits per heavy atom. The van der Waals surface area contributed by atoms with Gasteiger partial charge in [0, 0.05) is 28.4 Å². The summed E-state index contributed by atoms with van der Waals surface area (Å²) < 4.78 is 26.5. The van der Waals surface area contributed by atoms with Gasteiger partial charge in [-0.05, 0) is 42.7 Å². The summed E-state index contributed by atoms with van der Waals surface area (Å²) in [7, 11) is 0. The van der Waals surface area contributed by atoms with Crippen LogP contribution in [0.25, 0.3) is 0 Å². The third-order valence-corrected chi connectivity index (χ3v) is 4.83. The molecule has 0 heterocycles. The molecule has 0 radical (unpaired) electrons. The second-order valence-electron chi connectivity index (χ2n) is 5.10. The molecule has 0 amide bonds. The zero-order valence-corrected chi connectivity index (χ0v) is 12.8. The maximum Gasteiger partial charge on any atom is 0.140 e. The minimum atomic E-state index is -0.579. The van der Waals surface area contributed by atoms with Gasteiger partial charge in [-0.25, -0.2) is 8.78 Å². The maximum atomic E-state index is 13.6. The fourth-order valence-electron chi connectivity index (χ4n) is 1.96. The van der Waals surface area contributed by atoms with Crippen LogP contribution < -0.4 is 5.32 Å². The van der Waals surface area contributed by atoms with Crippen molar-refractivity contribution in [3.05, 3.63) is 58.6 Å². The minimum absolute atomic E-state index is 0.363. The first-order valence-electron chi connectivity index (χ1n) is 6.76. The van der Waals surface area contributed by atoms with E-state index in [9.17, 15) is 8.78 Å². The number of rotatable bonds is 5. The third kappa shape index (κ3) is 3.96. The lowest BCUT2D eigenvalue weighted by molar-refractivity contribution is 0.565. The van der Waals surface area contributed by atoms with Crippen LogP contribution in [0.4, 0.5) is 8.78 Å². The Morgan fingerprint density at radius 2 is 1.86 bits per heavy atom. The van der Waals surface area contributed by atoms with Crippen molar-refractivity contribution in [3.63, 3.8) is 0 Å². The molecule has 110 valence electrons. The van der Waals surface area contributed by atoms with Crippen molar-refractivity contribution in [1.29, 1.82) is 0 Å². The van der Waals surface area contributed by atoms with Crippen molar-refractivity contribution < 1.29 is 8.78 Å². The molecule has 0 bridgehead atoms. The largest absolute Gasteiger partial charge is 0.310 e. The van der Waals surface area contributed by atoms with Gasteiger partial charge in [0.25, 0.3) is 0 Å². The molecular formula is C16H14ClF2NS. The first-order valence-corrected chi connectivity index (χ1v) is 7.96. The molecule has 5 heteroatoms. The molecule has 0 unspecified atom stereocenters. The quantitative estimate of drug-likeness (QED) is 0.828. The van der Waals surface area contributed by atoms with E-state index in [4.69, 9.17) is 11.6 Å². The van der Waals surface area contributed by atoms with Crippen LogP contribution >= 0.6 is 23.4 Å².